The third kappa shape index (κ3) is 1.65. The molecule has 1 aliphatic rings. The Bertz CT molecular complexity index is 483. The first-order chi connectivity index (χ1) is 7.63. The summed E-state index contributed by atoms with van der Waals surface area (Å²) in [4.78, 5) is 23.1. The first-order valence-corrected chi connectivity index (χ1v) is 5.29. The molecule has 0 fully saturated rings. The highest BCUT2D eigenvalue weighted by Crippen LogP contribution is 2.25. The van der Waals surface area contributed by atoms with Gasteiger partial charge in [0, 0.05) is 5.57 Å². The van der Waals surface area contributed by atoms with Crippen molar-refractivity contribution in [1.29, 1.82) is 0 Å². The summed E-state index contributed by atoms with van der Waals surface area (Å²) in [5.74, 6) is -0.547. The first kappa shape index (κ1) is 10.6. The van der Waals surface area contributed by atoms with Crippen molar-refractivity contribution in [2.24, 2.45) is 0 Å². The fraction of sp³-hybridized carbons (Fsp3) is 0.231. The van der Waals surface area contributed by atoms with Crippen LogP contribution in [0.5, 0.6) is 0 Å². The smallest absolute Gasteiger partial charge is 0.259 e. The Morgan fingerprint density at radius 2 is 1.69 bits per heavy atom. The van der Waals surface area contributed by atoms with E-state index in [0.717, 1.165) is 11.1 Å². The van der Waals surface area contributed by atoms with Gasteiger partial charge < -0.3 is 0 Å². The van der Waals surface area contributed by atoms with Gasteiger partial charge in [0.1, 0.15) is 0 Å². The molecule has 16 heavy (non-hydrogen) atoms. The largest absolute Gasteiger partial charge is 0.288 e. The fourth-order valence-corrected chi connectivity index (χ4v) is 1.85. The van der Waals surface area contributed by atoms with Crippen molar-refractivity contribution in [2.75, 3.05) is 0 Å². The molecule has 0 saturated carbocycles. The standard InChI is InChI=1S/C13H13NO2/c1-3-10-11(13(16)14-12(10)15)9-6-4-8(2)5-7-9/h4-7H,3H2,1-2H3,(H,14,15,16). The van der Waals surface area contributed by atoms with Crippen LogP contribution in [0.3, 0.4) is 0 Å². The highest BCUT2D eigenvalue weighted by molar-refractivity contribution is 6.35. The third-order valence-corrected chi connectivity index (χ3v) is 2.72. The van der Waals surface area contributed by atoms with E-state index in [0.29, 0.717) is 17.6 Å². The van der Waals surface area contributed by atoms with Crippen LogP contribution in [-0.2, 0) is 9.59 Å². The number of amides is 2. The van der Waals surface area contributed by atoms with Crippen molar-refractivity contribution in [3.63, 3.8) is 0 Å². The van der Waals surface area contributed by atoms with Crippen molar-refractivity contribution in [3.05, 3.63) is 41.0 Å². The van der Waals surface area contributed by atoms with E-state index in [4.69, 9.17) is 0 Å². The van der Waals surface area contributed by atoms with E-state index in [-0.39, 0.29) is 11.8 Å². The molecule has 2 amide bonds. The van der Waals surface area contributed by atoms with Crippen LogP contribution in [-0.4, -0.2) is 11.8 Å². The second-order valence-electron chi connectivity index (χ2n) is 3.86. The van der Waals surface area contributed by atoms with E-state index in [1.54, 1.807) is 0 Å². The SMILES string of the molecule is CCC1=C(c2ccc(C)cc2)C(=O)NC1=O. The molecule has 0 aromatic heterocycles. The van der Waals surface area contributed by atoms with Crippen molar-refractivity contribution in [2.45, 2.75) is 20.3 Å². The van der Waals surface area contributed by atoms with Gasteiger partial charge in [-0.1, -0.05) is 36.8 Å². The van der Waals surface area contributed by atoms with Gasteiger partial charge in [0.25, 0.3) is 11.8 Å². The fourth-order valence-electron chi connectivity index (χ4n) is 1.85. The lowest BCUT2D eigenvalue weighted by Crippen LogP contribution is -2.22. The number of carbonyl (C=O) groups is 2. The second kappa shape index (κ2) is 3.93. The highest BCUT2D eigenvalue weighted by Gasteiger charge is 2.29. The molecule has 0 spiro atoms. The van der Waals surface area contributed by atoms with Crippen LogP contribution in [0.25, 0.3) is 5.57 Å². The predicted octanol–water partition coefficient (Wildman–Crippen LogP) is 1.82. The number of hydrogen-bond acceptors (Lipinski definition) is 2. The van der Waals surface area contributed by atoms with E-state index in [1.165, 1.54) is 0 Å². The van der Waals surface area contributed by atoms with E-state index in [1.807, 2.05) is 38.1 Å². The number of benzene rings is 1. The molecule has 3 nitrogen and oxygen atoms in total. The molecular formula is C13H13NO2. The molecule has 1 aromatic rings. The Balaban J connectivity index is 2.53. The van der Waals surface area contributed by atoms with Gasteiger partial charge in [-0.2, -0.15) is 0 Å². The topological polar surface area (TPSA) is 46.2 Å². The van der Waals surface area contributed by atoms with Gasteiger partial charge in [-0.15, -0.1) is 0 Å². The minimum absolute atomic E-state index is 0.261. The van der Waals surface area contributed by atoms with Crippen LogP contribution in [0.15, 0.2) is 29.8 Å². The van der Waals surface area contributed by atoms with Gasteiger partial charge in [0.05, 0.1) is 5.57 Å². The summed E-state index contributed by atoms with van der Waals surface area (Å²) in [5, 5.41) is 2.33. The lowest BCUT2D eigenvalue weighted by Gasteiger charge is -2.02. The van der Waals surface area contributed by atoms with E-state index >= 15 is 0 Å². The third-order valence-electron chi connectivity index (χ3n) is 2.72. The molecule has 0 atom stereocenters. The van der Waals surface area contributed by atoms with Crippen molar-refractivity contribution < 1.29 is 9.59 Å². The summed E-state index contributed by atoms with van der Waals surface area (Å²) in [6.07, 6.45) is 0.570. The normalized spacial score (nSPS) is 15.6. The number of nitrogens with one attached hydrogen (secondary N) is 1. The lowest BCUT2D eigenvalue weighted by molar-refractivity contribution is -0.123. The van der Waals surface area contributed by atoms with Gasteiger partial charge in [-0.25, -0.2) is 0 Å². The molecule has 82 valence electrons. The molecule has 2 rings (SSSR count). The maximum Gasteiger partial charge on any atom is 0.259 e. The summed E-state index contributed by atoms with van der Waals surface area (Å²) in [6.45, 7) is 3.86. The molecule has 0 radical (unpaired) electrons. The van der Waals surface area contributed by atoms with Crippen molar-refractivity contribution in [3.8, 4) is 0 Å². The van der Waals surface area contributed by atoms with Gasteiger partial charge in [-0.05, 0) is 18.9 Å². The minimum atomic E-state index is -0.286. The highest BCUT2D eigenvalue weighted by atomic mass is 16.2. The van der Waals surface area contributed by atoms with Gasteiger partial charge in [0.15, 0.2) is 0 Å². The zero-order valence-electron chi connectivity index (χ0n) is 9.33. The van der Waals surface area contributed by atoms with E-state index < -0.39 is 0 Å². The minimum Gasteiger partial charge on any atom is -0.288 e. The number of aryl methyl sites for hydroxylation is 1. The predicted molar refractivity (Wildman–Crippen MR) is 61.5 cm³/mol. The van der Waals surface area contributed by atoms with Gasteiger partial charge in [0.2, 0.25) is 0 Å². The Morgan fingerprint density at radius 1 is 1.06 bits per heavy atom. The molecule has 0 unspecified atom stereocenters. The van der Waals surface area contributed by atoms with Crippen LogP contribution >= 0.6 is 0 Å². The summed E-state index contributed by atoms with van der Waals surface area (Å²) in [7, 11) is 0. The Labute approximate surface area is 94.2 Å². The van der Waals surface area contributed by atoms with Gasteiger partial charge >= 0.3 is 0 Å². The van der Waals surface area contributed by atoms with Crippen LogP contribution in [0.4, 0.5) is 0 Å². The maximum atomic E-state index is 11.6. The molecule has 0 saturated heterocycles. The van der Waals surface area contributed by atoms with Crippen molar-refractivity contribution in [1.82, 2.24) is 5.32 Å². The molecule has 3 heteroatoms. The molecule has 0 aliphatic carbocycles. The molecule has 0 bridgehead atoms. The maximum absolute atomic E-state index is 11.6. The number of carbonyl (C=O) groups excluding carboxylic acids is 2. The Hall–Kier alpha value is -1.90. The monoisotopic (exact) mass is 215 g/mol. The zero-order chi connectivity index (χ0) is 11.7. The van der Waals surface area contributed by atoms with Crippen LogP contribution < -0.4 is 5.32 Å². The molecule has 1 aliphatic heterocycles. The number of imide groups is 1. The second-order valence-corrected chi connectivity index (χ2v) is 3.86. The zero-order valence-corrected chi connectivity index (χ0v) is 9.33. The average Bonchev–Trinajstić information content (AvgIpc) is 2.54. The number of rotatable bonds is 2. The summed E-state index contributed by atoms with van der Waals surface area (Å²) in [6, 6.07) is 7.62. The summed E-state index contributed by atoms with van der Waals surface area (Å²) in [5.41, 5.74) is 3.04. The van der Waals surface area contributed by atoms with Crippen LogP contribution in [0.2, 0.25) is 0 Å². The number of hydrogen-bond donors (Lipinski definition) is 1. The Morgan fingerprint density at radius 3 is 2.25 bits per heavy atom. The lowest BCUT2D eigenvalue weighted by atomic mass is 9.99. The first-order valence-electron chi connectivity index (χ1n) is 5.29. The quantitative estimate of drug-likeness (QED) is 0.765. The van der Waals surface area contributed by atoms with Crippen molar-refractivity contribution >= 4 is 17.4 Å². The Kier molecular flexibility index (Phi) is 2.60. The summed E-state index contributed by atoms with van der Waals surface area (Å²) >= 11 is 0. The molecule has 1 N–H and O–H groups in total. The van der Waals surface area contributed by atoms with Gasteiger partial charge in [-0.3, -0.25) is 14.9 Å². The van der Waals surface area contributed by atoms with Crippen LogP contribution in [0.1, 0.15) is 24.5 Å². The van der Waals surface area contributed by atoms with Crippen LogP contribution in [0, 0.1) is 6.92 Å². The average molecular weight is 215 g/mol. The molecular weight excluding hydrogens is 202 g/mol. The van der Waals surface area contributed by atoms with E-state index in [9.17, 15) is 9.59 Å². The molecule has 1 heterocycles. The molecule has 1 aromatic carbocycles. The van der Waals surface area contributed by atoms with E-state index in [2.05, 4.69) is 5.32 Å². The summed E-state index contributed by atoms with van der Waals surface area (Å²) < 4.78 is 0.